The van der Waals surface area contributed by atoms with Crippen molar-refractivity contribution in [1.29, 1.82) is 0 Å². The van der Waals surface area contributed by atoms with Gasteiger partial charge in [-0.1, -0.05) is 0 Å². The van der Waals surface area contributed by atoms with Crippen LogP contribution in [-0.4, -0.2) is 42.4 Å². The first-order valence-electron chi connectivity index (χ1n) is 7.22. The zero-order chi connectivity index (χ0) is 15.5. The van der Waals surface area contributed by atoms with E-state index in [0.29, 0.717) is 43.1 Å². The molecule has 0 saturated carbocycles. The lowest BCUT2D eigenvalue weighted by molar-refractivity contribution is -0.0176. The lowest BCUT2D eigenvalue weighted by Gasteiger charge is -2.27. The molecule has 6 heteroatoms. The highest BCUT2D eigenvalue weighted by molar-refractivity contribution is 6.00. The number of carbonyl (C=O) groups excluding carboxylic acids is 1. The number of nitrogens with one attached hydrogen (secondary N) is 2. The highest BCUT2D eigenvalue weighted by Crippen LogP contribution is 2.27. The minimum Gasteiger partial charge on any atom is -0.399 e. The van der Waals surface area contributed by atoms with Crippen LogP contribution in [-0.2, 0) is 4.74 Å². The minimum atomic E-state index is -0.927. The predicted molar refractivity (Wildman–Crippen MR) is 82.3 cm³/mol. The first-order valence-corrected chi connectivity index (χ1v) is 7.22. The second-order valence-corrected chi connectivity index (χ2v) is 5.38. The molecule has 0 spiro atoms. The molecule has 2 unspecified atom stereocenters. The quantitative estimate of drug-likeness (QED) is 0.607. The third kappa shape index (κ3) is 3.46. The summed E-state index contributed by atoms with van der Waals surface area (Å²) in [4.78, 5) is 12.0. The molecule has 1 aliphatic heterocycles. The number of benzene rings is 1. The monoisotopic (exact) mass is 293 g/mol. The van der Waals surface area contributed by atoms with E-state index in [1.165, 1.54) is 0 Å². The van der Waals surface area contributed by atoms with Gasteiger partial charge in [0.25, 0.3) is 5.91 Å². The Balaban J connectivity index is 2.15. The van der Waals surface area contributed by atoms with Gasteiger partial charge in [-0.05, 0) is 32.0 Å². The van der Waals surface area contributed by atoms with Gasteiger partial charge in [-0.3, -0.25) is 4.79 Å². The zero-order valence-corrected chi connectivity index (χ0v) is 12.5. The number of ether oxygens (including phenoxy) is 1. The van der Waals surface area contributed by atoms with E-state index in [4.69, 9.17) is 10.5 Å². The summed E-state index contributed by atoms with van der Waals surface area (Å²) in [5, 5.41) is 16.4. The fourth-order valence-electron chi connectivity index (χ4n) is 2.41. The zero-order valence-electron chi connectivity index (χ0n) is 12.5. The van der Waals surface area contributed by atoms with Crippen LogP contribution in [0.2, 0.25) is 0 Å². The van der Waals surface area contributed by atoms with Gasteiger partial charge in [0.15, 0.2) is 0 Å². The Hall–Kier alpha value is -1.79. The number of nitrogen functional groups attached to an aromatic ring is 1. The van der Waals surface area contributed by atoms with Crippen molar-refractivity contribution in [3.05, 3.63) is 23.8 Å². The first kappa shape index (κ1) is 15.6. The number of hydrogen-bond acceptors (Lipinski definition) is 5. The summed E-state index contributed by atoms with van der Waals surface area (Å²) >= 11 is 0. The number of rotatable bonds is 5. The number of nitrogens with two attached hydrogens (primary N) is 1. The SMILES string of the molecule is CCNC(=O)c1ccc(N)cc1NCC1(O)CCOC1C. The Bertz CT molecular complexity index is 521. The lowest BCUT2D eigenvalue weighted by Crippen LogP contribution is -2.43. The molecule has 0 aromatic heterocycles. The van der Waals surface area contributed by atoms with Crippen molar-refractivity contribution in [2.24, 2.45) is 0 Å². The Kier molecular flexibility index (Phi) is 4.69. The van der Waals surface area contributed by atoms with Crippen molar-refractivity contribution in [2.75, 3.05) is 30.7 Å². The molecular weight excluding hydrogens is 270 g/mol. The van der Waals surface area contributed by atoms with E-state index < -0.39 is 5.60 Å². The van der Waals surface area contributed by atoms with Crippen LogP contribution >= 0.6 is 0 Å². The first-order chi connectivity index (χ1) is 9.96. The van der Waals surface area contributed by atoms with Gasteiger partial charge in [0.1, 0.15) is 5.60 Å². The molecule has 1 fully saturated rings. The highest BCUT2D eigenvalue weighted by Gasteiger charge is 2.39. The average molecular weight is 293 g/mol. The number of hydrogen-bond donors (Lipinski definition) is 4. The van der Waals surface area contributed by atoms with Crippen molar-refractivity contribution in [3.8, 4) is 0 Å². The number of carbonyl (C=O) groups is 1. The van der Waals surface area contributed by atoms with E-state index in [-0.39, 0.29) is 12.0 Å². The molecule has 5 N–H and O–H groups in total. The molecule has 1 amide bonds. The van der Waals surface area contributed by atoms with Crippen molar-refractivity contribution in [2.45, 2.75) is 32.0 Å². The van der Waals surface area contributed by atoms with Crippen LogP contribution < -0.4 is 16.4 Å². The van der Waals surface area contributed by atoms with Crippen LogP contribution in [0.25, 0.3) is 0 Å². The Morgan fingerprint density at radius 3 is 2.95 bits per heavy atom. The molecular formula is C15H23N3O3. The smallest absolute Gasteiger partial charge is 0.253 e. The Morgan fingerprint density at radius 1 is 1.57 bits per heavy atom. The van der Waals surface area contributed by atoms with Crippen molar-refractivity contribution < 1.29 is 14.6 Å². The molecule has 0 bridgehead atoms. The maximum absolute atomic E-state index is 12.0. The van der Waals surface area contributed by atoms with E-state index in [9.17, 15) is 9.90 Å². The third-order valence-corrected chi connectivity index (χ3v) is 3.87. The summed E-state index contributed by atoms with van der Waals surface area (Å²) in [6, 6.07) is 5.07. The summed E-state index contributed by atoms with van der Waals surface area (Å²) in [5.74, 6) is -0.164. The summed E-state index contributed by atoms with van der Waals surface area (Å²) in [6.07, 6.45) is 0.332. The molecule has 1 aromatic carbocycles. The average Bonchev–Trinajstić information content (AvgIpc) is 2.77. The topological polar surface area (TPSA) is 96.6 Å². The molecule has 116 valence electrons. The fraction of sp³-hybridized carbons (Fsp3) is 0.533. The molecule has 0 aliphatic carbocycles. The van der Waals surface area contributed by atoms with Gasteiger partial charge < -0.3 is 26.2 Å². The molecule has 2 rings (SSSR count). The number of aliphatic hydroxyl groups is 1. The van der Waals surface area contributed by atoms with Gasteiger partial charge in [0, 0.05) is 37.5 Å². The molecule has 2 atom stereocenters. The van der Waals surface area contributed by atoms with Crippen molar-refractivity contribution in [1.82, 2.24) is 5.32 Å². The Morgan fingerprint density at radius 2 is 2.33 bits per heavy atom. The standard InChI is InChI=1S/C15H23N3O3/c1-3-17-14(19)12-5-4-11(16)8-13(12)18-9-15(20)6-7-21-10(15)2/h4-5,8,10,18,20H,3,6-7,9,16H2,1-2H3,(H,17,19). The van der Waals surface area contributed by atoms with Gasteiger partial charge in [0.05, 0.1) is 11.7 Å². The van der Waals surface area contributed by atoms with Crippen molar-refractivity contribution in [3.63, 3.8) is 0 Å². The molecule has 0 radical (unpaired) electrons. The van der Waals surface area contributed by atoms with E-state index in [1.807, 2.05) is 13.8 Å². The molecule has 1 aromatic rings. The molecule has 21 heavy (non-hydrogen) atoms. The van der Waals surface area contributed by atoms with Crippen LogP contribution in [0.15, 0.2) is 18.2 Å². The number of anilines is 2. The molecule has 1 aliphatic rings. The van der Waals surface area contributed by atoms with Gasteiger partial charge in [-0.25, -0.2) is 0 Å². The normalized spacial score (nSPS) is 24.8. The van der Waals surface area contributed by atoms with E-state index in [2.05, 4.69) is 10.6 Å². The van der Waals surface area contributed by atoms with Crippen LogP contribution in [0.1, 0.15) is 30.6 Å². The summed E-state index contributed by atoms with van der Waals surface area (Å²) in [7, 11) is 0. The maximum atomic E-state index is 12.0. The van der Waals surface area contributed by atoms with Crippen molar-refractivity contribution >= 4 is 17.3 Å². The van der Waals surface area contributed by atoms with E-state index >= 15 is 0 Å². The third-order valence-electron chi connectivity index (χ3n) is 3.87. The van der Waals surface area contributed by atoms with Crippen LogP contribution in [0, 0.1) is 0 Å². The lowest BCUT2D eigenvalue weighted by atomic mass is 9.96. The minimum absolute atomic E-state index is 0.164. The summed E-state index contributed by atoms with van der Waals surface area (Å²) in [6.45, 7) is 5.11. The number of amides is 1. The van der Waals surface area contributed by atoms with E-state index in [0.717, 1.165) is 0 Å². The molecule has 1 saturated heterocycles. The summed E-state index contributed by atoms with van der Waals surface area (Å²) in [5.41, 5.74) is 6.56. The van der Waals surface area contributed by atoms with Gasteiger partial charge >= 0.3 is 0 Å². The maximum Gasteiger partial charge on any atom is 0.253 e. The van der Waals surface area contributed by atoms with Crippen LogP contribution in [0.3, 0.4) is 0 Å². The highest BCUT2D eigenvalue weighted by atomic mass is 16.5. The molecule has 6 nitrogen and oxygen atoms in total. The van der Waals surface area contributed by atoms with E-state index in [1.54, 1.807) is 18.2 Å². The largest absolute Gasteiger partial charge is 0.399 e. The molecule has 1 heterocycles. The van der Waals surface area contributed by atoms with Crippen LogP contribution in [0.5, 0.6) is 0 Å². The van der Waals surface area contributed by atoms with Crippen LogP contribution in [0.4, 0.5) is 11.4 Å². The second kappa shape index (κ2) is 6.32. The Labute approximate surface area is 124 Å². The van der Waals surface area contributed by atoms with Gasteiger partial charge in [-0.2, -0.15) is 0 Å². The summed E-state index contributed by atoms with van der Waals surface area (Å²) < 4.78 is 5.40. The van der Waals surface area contributed by atoms with Gasteiger partial charge in [0.2, 0.25) is 0 Å². The second-order valence-electron chi connectivity index (χ2n) is 5.38. The predicted octanol–water partition coefficient (Wildman–Crippen LogP) is 0.970. The van der Waals surface area contributed by atoms with Gasteiger partial charge in [-0.15, -0.1) is 0 Å². The fourth-order valence-corrected chi connectivity index (χ4v) is 2.41.